The number of morpholine rings is 1. The standard InChI is InChI=1S/C21H20FN5O2/c1-23-20-10-14(6-7-25-20)21(28)27-8-9-29-19(13-27)18-12-24-11-17(26-18)15-4-2-3-5-16(15)22/h2-7,10-12,19H,8-9,13H2,1H3,(H,23,25)/t19-/m0/s1. The number of rotatable bonds is 4. The minimum Gasteiger partial charge on any atom is -0.373 e. The second kappa shape index (κ2) is 8.32. The SMILES string of the molecule is CNc1cc(C(=O)N2CCO[C@H](c3cncc(-c4ccccc4F)n3)C2)ccn1. The molecule has 1 saturated heterocycles. The number of amides is 1. The van der Waals surface area contributed by atoms with Gasteiger partial charge in [-0.3, -0.25) is 9.78 Å². The van der Waals surface area contributed by atoms with E-state index in [0.717, 1.165) is 0 Å². The number of carbonyl (C=O) groups is 1. The summed E-state index contributed by atoms with van der Waals surface area (Å²) in [6, 6.07) is 9.82. The highest BCUT2D eigenvalue weighted by Crippen LogP contribution is 2.25. The molecule has 0 unspecified atom stereocenters. The molecule has 0 saturated carbocycles. The van der Waals surface area contributed by atoms with Crippen LogP contribution in [0.1, 0.15) is 22.2 Å². The van der Waals surface area contributed by atoms with Crippen LogP contribution in [0.3, 0.4) is 0 Å². The van der Waals surface area contributed by atoms with Gasteiger partial charge in [-0.2, -0.15) is 0 Å². The first-order valence-electron chi connectivity index (χ1n) is 9.27. The van der Waals surface area contributed by atoms with E-state index in [1.54, 1.807) is 54.7 Å². The van der Waals surface area contributed by atoms with Gasteiger partial charge in [-0.05, 0) is 24.3 Å². The van der Waals surface area contributed by atoms with E-state index in [1.165, 1.54) is 12.3 Å². The Labute approximate surface area is 167 Å². The Kier molecular flexibility index (Phi) is 5.44. The fourth-order valence-corrected chi connectivity index (χ4v) is 3.23. The van der Waals surface area contributed by atoms with Crippen LogP contribution in [0.4, 0.5) is 10.2 Å². The molecule has 1 N–H and O–H groups in total. The Hall–Kier alpha value is -3.39. The number of ether oxygens (including phenoxy) is 1. The summed E-state index contributed by atoms with van der Waals surface area (Å²) in [5, 5.41) is 2.93. The molecule has 1 aromatic carbocycles. The molecule has 29 heavy (non-hydrogen) atoms. The number of nitrogens with one attached hydrogen (secondary N) is 1. The van der Waals surface area contributed by atoms with Crippen LogP contribution in [0.25, 0.3) is 11.3 Å². The molecule has 1 atom stereocenters. The van der Waals surface area contributed by atoms with Gasteiger partial charge in [0.2, 0.25) is 0 Å². The first kappa shape index (κ1) is 18.9. The number of carbonyl (C=O) groups excluding carboxylic acids is 1. The van der Waals surface area contributed by atoms with Crippen molar-refractivity contribution < 1.29 is 13.9 Å². The lowest BCUT2D eigenvalue weighted by atomic mass is 10.1. The predicted molar refractivity (Wildman–Crippen MR) is 106 cm³/mol. The van der Waals surface area contributed by atoms with E-state index in [-0.39, 0.29) is 11.7 Å². The highest BCUT2D eigenvalue weighted by Gasteiger charge is 2.27. The summed E-state index contributed by atoms with van der Waals surface area (Å²) in [6.45, 7) is 1.20. The molecule has 7 nitrogen and oxygen atoms in total. The summed E-state index contributed by atoms with van der Waals surface area (Å²) in [7, 11) is 1.75. The van der Waals surface area contributed by atoms with Crippen molar-refractivity contribution in [2.45, 2.75) is 6.10 Å². The minimum atomic E-state index is -0.433. The zero-order valence-electron chi connectivity index (χ0n) is 15.9. The monoisotopic (exact) mass is 393 g/mol. The van der Waals surface area contributed by atoms with Crippen molar-refractivity contribution in [2.75, 3.05) is 32.1 Å². The van der Waals surface area contributed by atoms with Crippen molar-refractivity contribution >= 4 is 11.7 Å². The van der Waals surface area contributed by atoms with Crippen molar-refractivity contribution in [3.05, 3.63) is 72.1 Å². The van der Waals surface area contributed by atoms with Crippen LogP contribution >= 0.6 is 0 Å². The lowest BCUT2D eigenvalue weighted by molar-refractivity contribution is -0.0248. The zero-order chi connectivity index (χ0) is 20.2. The van der Waals surface area contributed by atoms with E-state index in [9.17, 15) is 9.18 Å². The molecule has 0 aliphatic carbocycles. The van der Waals surface area contributed by atoms with Crippen LogP contribution in [0.2, 0.25) is 0 Å². The first-order valence-corrected chi connectivity index (χ1v) is 9.27. The summed E-state index contributed by atoms with van der Waals surface area (Å²) in [4.78, 5) is 27.5. The maximum atomic E-state index is 14.1. The van der Waals surface area contributed by atoms with E-state index in [1.807, 2.05) is 0 Å². The highest BCUT2D eigenvalue weighted by atomic mass is 19.1. The van der Waals surface area contributed by atoms with Gasteiger partial charge >= 0.3 is 0 Å². The van der Waals surface area contributed by atoms with Crippen molar-refractivity contribution in [1.29, 1.82) is 0 Å². The third-order valence-electron chi connectivity index (χ3n) is 4.75. The number of hydrogen-bond acceptors (Lipinski definition) is 6. The van der Waals surface area contributed by atoms with Crippen LogP contribution in [0.5, 0.6) is 0 Å². The van der Waals surface area contributed by atoms with Crippen molar-refractivity contribution in [3.8, 4) is 11.3 Å². The summed E-state index contributed by atoms with van der Waals surface area (Å²) in [5.41, 5.74) is 1.92. The van der Waals surface area contributed by atoms with Gasteiger partial charge in [0.05, 0.1) is 36.9 Å². The van der Waals surface area contributed by atoms with Crippen LogP contribution < -0.4 is 5.32 Å². The van der Waals surface area contributed by atoms with Crippen molar-refractivity contribution in [3.63, 3.8) is 0 Å². The Morgan fingerprint density at radius 2 is 2.14 bits per heavy atom. The summed E-state index contributed by atoms with van der Waals surface area (Å²) >= 11 is 0. The van der Waals surface area contributed by atoms with Gasteiger partial charge in [0.15, 0.2) is 0 Å². The smallest absolute Gasteiger partial charge is 0.254 e. The first-order chi connectivity index (χ1) is 14.2. The molecular weight excluding hydrogens is 373 g/mol. The number of nitrogens with zero attached hydrogens (tertiary/aromatic N) is 4. The van der Waals surface area contributed by atoms with Gasteiger partial charge in [0, 0.05) is 30.9 Å². The van der Waals surface area contributed by atoms with Crippen molar-refractivity contribution in [2.24, 2.45) is 0 Å². The largest absolute Gasteiger partial charge is 0.373 e. The summed E-state index contributed by atoms with van der Waals surface area (Å²) < 4.78 is 19.9. The number of benzene rings is 1. The Morgan fingerprint density at radius 1 is 1.28 bits per heavy atom. The number of hydrogen-bond donors (Lipinski definition) is 1. The molecule has 0 radical (unpaired) electrons. The van der Waals surface area contributed by atoms with Gasteiger partial charge < -0.3 is 15.0 Å². The van der Waals surface area contributed by atoms with Crippen LogP contribution in [-0.4, -0.2) is 52.5 Å². The molecule has 1 aliphatic rings. The molecule has 3 aromatic rings. The van der Waals surface area contributed by atoms with Gasteiger partial charge in [-0.15, -0.1) is 0 Å². The number of pyridine rings is 1. The van der Waals surface area contributed by atoms with E-state index in [0.29, 0.717) is 48.0 Å². The molecule has 0 bridgehead atoms. The van der Waals surface area contributed by atoms with E-state index < -0.39 is 6.10 Å². The average molecular weight is 393 g/mol. The summed E-state index contributed by atoms with van der Waals surface area (Å²) in [5.74, 6) is 0.165. The fraction of sp³-hybridized carbons (Fsp3) is 0.238. The molecule has 8 heteroatoms. The average Bonchev–Trinajstić information content (AvgIpc) is 2.79. The van der Waals surface area contributed by atoms with Gasteiger partial charge in [-0.25, -0.2) is 14.4 Å². The number of anilines is 1. The third-order valence-corrected chi connectivity index (χ3v) is 4.75. The number of aromatic nitrogens is 3. The second-order valence-electron chi connectivity index (χ2n) is 6.60. The Morgan fingerprint density at radius 3 is 2.97 bits per heavy atom. The van der Waals surface area contributed by atoms with E-state index in [2.05, 4.69) is 20.3 Å². The molecule has 4 rings (SSSR count). The molecule has 1 fully saturated rings. The van der Waals surface area contributed by atoms with Gasteiger partial charge in [-0.1, -0.05) is 12.1 Å². The zero-order valence-corrected chi connectivity index (χ0v) is 15.9. The lowest BCUT2D eigenvalue weighted by Gasteiger charge is -2.32. The molecule has 148 valence electrons. The molecule has 3 heterocycles. The van der Waals surface area contributed by atoms with Crippen LogP contribution in [0.15, 0.2) is 55.0 Å². The molecule has 0 spiro atoms. The maximum absolute atomic E-state index is 14.1. The fourth-order valence-electron chi connectivity index (χ4n) is 3.23. The van der Waals surface area contributed by atoms with Gasteiger partial charge in [0.1, 0.15) is 17.7 Å². The minimum absolute atomic E-state index is 0.101. The Balaban J connectivity index is 1.55. The summed E-state index contributed by atoms with van der Waals surface area (Å²) in [6.07, 6.45) is 4.27. The molecular formula is C21H20FN5O2. The van der Waals surface area contributed by atoms with Crippen LogP contribution in [0, 0.1) is 5.82 Å². The predicted octanol–water partition coefficient (Wildman–Crippen LogP) is 2.93. The maximum Gasteiger partial charge on any atom is 0.254 e. The Bertz CT molecular complexity index is 1030. The van der Waals surface area contributed by atoms with Gasteiger partial charge in [0.25, 0.3) is 5.91 Å². The second-order valence-corrected chi connectivity index (χ2v) is 6.60. The number of halogens is 1. The quantitative estimate of drug-likeness (QED) is 0.734. The highest BCUT2D eigenvalue weighted by molar-refractivity contribution is 5.94. The normalized spacial score (nSPS) is 16.5. The molecule has 2 aromatic heterocycles. The topological polar surface area (TPSA) is 80.2 Å². The molecule has 1 aliphatic heterocycles. The van der Waals surface area contributed by atoms with Crippen LogP contribution in [-0.2, 0) is 4.74 Å². The van der Waals surface area contributed by atoms with E-state index in [4.69, 9.17) is 4.74 Å². The lowest BCUT2D eigenvalue weighted by Crippen LogP contribution is -2.42. The third kappa shape index (κ3) is 4.07. The van der Waals surface area contributed by atoms with Crippen molar-refractivity contribution in [1.82, 2.24) is 19.9 Å². The van der Waals surface area contributed by atoms with E-state index >= 15 is 0 Å². The molecule has 1 amide bonds.